The lowest BCUT2D eigenvalue weighted by atomic mass is 10.0. The Hall–Kier alpha value is -2.14. The van der Waals surface area contributed by atoms with E-state index in [-0.39, 0.29) is 0 Å². The lowest BCUT2D eigenvalue weighted by molar-refractivity contribution is 0.200. The first kappa shape index (κ1) is 16.7. The second-order valence-corrected chi connectivity index (χ2v) is 6.52. The van der Waals surface area contributed by atoms with Crippen molar-refractivity contribution in [2.24, 2.45) is 0 Å². The number of rotatable bonds is 5. The molecule has 24 heavy (non-hydrogen) atoms. The molecular weight excluding hydrogens is 300 g/mol. The second kappa shape index (κ2) is 7.62. The SMILES string of the molecule is COc1nccc(N2CCC(N(C)Cc3ccc(C)cc3)CC2)n1. The summed E-state index contributed by atoms with van der Waals surface area (Å²) < 4.78 is 5.12. The monoisotopic (exact) mass is 326 g/mol. The summed E-state index contributed by atoms with van der Waals surface area (Å²) in [6.45, 7) is 5.17. The molecule has 1 aromatic heterocycles. The number of hydrogen-bond acceptors (Lipinski definition) is 5. The largest absolute Gasteiger partial charge is 0.467 e. The van der Waals surface area contributed by atoms with Gasteiger partial charge in [0.2, 0.25) is 0 Å². The molecule has 1 aliphatic heterocycles. The van der Waals surface area contributed by atoms with Gasteiger partial charge in [-0.1, -0.05) is 29.8 Å². The van der Waals surface area contributed by atoms with Crippen LogP contribution in [0.2, 0.25) is 0 Å². The van der Waals surface area contributed by atoms with E-state index in [1.807, 2.05) is 6.07 Å². The van der Waals surface area contributed by atoms with Gasteiger partial charge >= 0.3 is 6.01 Å². The van der Waals surface area contributed by atoms with Crippen LogP contribution in [-0.2, 0) is 6.54 Å². The molecule has 0 amide bonds. The zero-order valence-corrected chi connectivity index (χ0v) is 14.8. The molecule has 0 saturated carbocycles. The predicted octanol–water partition coefficient (Wildman–Crippen LogP) is 2.89. The van der Waals surface area contributed by atoms with Crippen LogP contribution in [0.3, 0.4) is 0 Å². The summed E-state index contributed by atoms with van der Waals surface area (Å²) in [5.74, 6) is 0.960. The van der Waals surface area contributed by atoms with E-state index in [1.54, 1.807) is 13.3 Å². The molecule has 0 spiro atoms. The molecule has 0 unspecified atom stereocenters. The summed E-state index contributed by atoms with van der Waals surface area (Å²) in [7, 11) is 3.83. The van der Waals surface area contributed by atoms with E-state index in [9.17, 15) is 0 Å². The van der Waals surface area contributed by atoms with E-state index in [1.165, 1.54) is 11.1 Å². The lowest BCUT2D eigenvalue weighted by Crippen LogP contribution is -2.43. The van der Waals surface area contributed by atoms with Gasteiger partial charge in [0, 0.05) is 31.9 Å². The number of nitrogens with zero attached hydrogens (tertiary/aromatic N) is 4. The highest BCUT2D eigenvalue weighted by Crippen LogP contribution is 2.22. The number of piperidine rings is 1. The van der Waals surface area contributed by atoms with Crippen molar-refractivity contribution >= 4 is 5.82 Å². The van der Waals surface area contributed by atoms with Gasteiger partial charge in [0.15, 0.2) is 0 Å². The Morgan fingerprint density at radius 3 is 2.54 bits per heavy atom. The van der Waals surface area contributed by atoms with Crippen molar-refractivity contribution in [1.29, 1.82) is 0 Å². The molecule has 5 nitrogen and oxygen atoms in total. The standard InChI is InChI=1S/C19H26N4O/c1-15-4-6-16(7-5-15)14-22(2)17-9-12-23(13-10-17)18-8-11-20-19(21-18)24-3/h4-8,11,17H,9-10,12-14H2,1-3H3. The van der Waals surface area contributed by atoms with Gasteiger partial charge in [0.1, 0.15) is 5.82 Å². The van der Waals surface area contributed by atoms with Crippen molar-refractivity contribution < 1.29 is 4.74 Å². The van der Waals surface area contributed by atoms with Crippen LogP contribution in [0.1, 0.15) is 24.0 Å². The zero-order valence-electron chi connectivity index (χ0n) is 14.8. The average molecular weight is 326 g/mol. The van der Waals surface area contributed by atoms with E-state index < -0.39 is 0 Å². The molecular formula is C19H26N4O. The van der Waals surface area contributed by atoms with Gasteiger partial charge in [-0.05, 0) is 38.4 Å². The fourth-order valence-electron chi connectivity index (χ4n) is 3.25. The van der Waals surface area contributed by atoms with Crippen molar-refractivity contribution in [3.8, 4) is 6.01 Å². The Balaban J connectivity index is 1.55. The smallest absolute Gasteiger partial charge is 0.318 e. The van der Waals surface area contributed by atoms with Crippen molar-refractivity contribution in [2.45, 2.75) is 32.4 Å². The van der Waals surface area contributed by atoms with Crippen molar-refractivity contribution in [3.05, 3.63) is 47.7 Å². The third-order valence-electron chi connectivity index (χ3n) is 4.77. The highest BCUT2D eigenvalue weighted by Gasteiger charge is 2.23. The highest BCUT2D eigenvalue weighted by molar-refractivity contribution is 5.38. The van der Waals surface area contributed by atoms with E-state index in [2.05, 4.69) is 58.0 Å². The lowest BCUT2D eigenvalue weighted by Gasteiger charge is -2.37. The number of benzene rings is 1. The first-order valence-corrected chi connectivity index (χ1v) is 8.53. The minimum absolute atomic E-state index is 0.436. The molecule has 3 rings (SSSR count). The number of methoxy groups -OCH3 is 1. The Labute approximate surface area is 144 Å². The first-order chi connectivity index (χ1) is 11.7. The molecule has 2 aromatic rings. The van der Waals surface area contributed by atoms with E-state index in [0.717, 1.165) is 38.3 Å². The molecule has 1 saturated heterocycles. The topological polar surface area (TPSA) is 41.5 Å². The summed E-state index contributed by atoms with van der Waals surface area (Å²) in [4.78, 5) is 13.3. The first-order valence-electron chi connectivity index (χ1n) is 8.53. The van der Waals surface area contributed by atoms with Crippen LogP contribution in [0.15, 0.2) is 36.5 Å². The van der Waals surface area contributed by atoms with Crippen molar-refractivity contribution in [1.82, 2.24) is 14.9 Å². The van der Waals surface area contributed by atoms with Gasteiger partial charge in [-0.2, -0.15) is 4.98 Å². The molecule has 0 bridgehead atoms. The fraction of sp³-hybridized carbons (Fsp3) is 0.474. The molecule has 0 atom stereocenters. The van der Waals surface area contributed by atoms with E-state index >= 15 is 0 Å². The number of aromatic nitrogens is 2. The van der Waals surface area contributed by atoms with Gasteiger partial charge < -0.3 is 9.64 Å². The summed E-state index contributed by atoms with van der Waals surface area (Å²) in [6, 6.07) is 11.8. The van der Waals surface area contributed by atoms with Gasteiger partial charge in [0.05, 0.1) is 7.11 Å². The summed E-state index contributed by atoms with van der Waals surface area (Å²) in [5, 5.41) is 0. The third-order valence-corrected chi connectivity index (χ3v) is 4.77. The molecule has 0 radical (unpaired) electrons. The maximum absolute atomic E-state index is 5.12. The molecule has 0 N–H and O–H groups in total. The van der Waals surface area contributed by atoms with Crippen LogP contribution < -0.4 is 9.64 Å². The Morgan fingerprint density at radius 2 is 1.88 bits per heavy atom. The normalized spacial score (nSPS) is 15.8. The molecule has 128 valence electrons. The van der Waals surface area contributed by atoms with Gasteiger partial charge in [-0.25, -0.2) is 4.98 Å². The van der Waals surface area contributed by atoms with Gasteiger partial charge in [0.25, 0.3) is 0 Å². The molecule has 1 aromatic carbocycles. The Bertz CT molecular complexity index is 651. The molecule has 5 heteroatoms. The van der Waals surface area contributed by atoms with Crippen LogP contribution in [0, 0.1) is 6.92 Å². The third kappa shape index (κ3) is 4.03. The average Bonchev–Trinajstić information content (AvgIpc) is 2.64. The predicted molar refractivity (Wildman–Crippen MR) is 96.5 cm³/mol. The summed E-state index contributed by atoms with van der Waals surface area (Å²) in [5.41, 5.74) is 2.70. The Morgan fingerprint density at radius 1 is 1.17 bits per heavy atom. The number of hydrogen-bond donors (Lipinski definition) is 0. The fourth-order valence-corrected chi connectivity index (χ4v) is 3.25. The summed E-state index contributed by atoms with van der Waals surface area (Å²) >= 11 is 0. The van der Waals surface area contributed by atoms with Crippen LogP contribution >= 0.6 is 0 Å². The molecule has 0 aliphatic carbocycles. The summed E-state index contributed by atoms with van der Waals surface area (Å²) in [6.07, 6.45) is 4.06. The maximum Gasteiger partial charge on any atom is 0.318 e. The number of aryl methyl sites for hydroxylation is 1. The van der Waals surface area contributed by atoms with Crippen molar-refractivity contribution in [3.63, 3.8) is 0 Å². The van der Waals surface area contributed by atoms with Crippen LogP contribution in [0.4, 0.5) is 5.82 Å². The van der Waals surface area contributed by atoms with Gasteiger partial charge in [-0.3, -0.25) is 4.90 Å². The maximum atomic E-state index is 5.12. The van der Waals surface area contributed by atoms with Crippen LogP contribution in [0.5, 0.6) is 6.01 Å². The minimum Gasteiger partial charge on any atom is -0.467 e. The van der Waals surface area contributed by atoms with Gasteiger partial charge in [-0.15, -0.1) is 0 Å². The van der Waals surface area contributed by atoms with Crippen molar-refractivity contribution in [2.75, 3.05) is 32.1 Å². The molecule has 2 heterocycles. The minimum atomic E-state index is 0.436. The number of anilines is 1. The number of ether oxygens (including phenoxy) is 1. The quantitative estimate of drug-likeness (QED) is 0.845. The highest BCUT2D eigenvalue weighted by atomic mass is 16.5. The second-order valence-electron chi connectivity index (χ2n) is 6.52. The van der Waals surface area contributed by atoms with Crippen LogP contribution in [-0.4, -0.2) is 48.2 Å². The zero-order chi connectivity index (χ0) is 16.9. The Kier molecular flexibility index (Phi) is 5.30. The van der Waals surface area contributed by atoms with E-state index in [0.29, 0.717) is 12.1 Å². The van der Waals surface area contributed by atoms with Crippen LogP contribution in [0.25, 0.3) is 0 Å². The molecule has 1 aliphatic rings. The molecule has 1 fully saturated rings. The van der Waals surface area contributed by atoms with E-state index in [4.69, 9.17) is 4.74 Å².